The number of halogens is 1. The minimum Gasteiger partial charge on any atom is -0.481 e. The van der Waals surface area contributed by atoms with Crippen molar-refractivity contribution in [2.45, 2.75) is 90.4 Å². The van der Waals surface area contributed by atoms with Gasteiger partial charge in [0.1, 0.15) is 0 Å². The Labute approximate surface area is 143 Å². The Hall–Kier alpha value is -0.640. The van der Waals surface area contributed by atoms with Crippen LogP contribution in [-0.2, 0) is 9.59 Å². The molecular formula is C18H31BrO3. The third-order valence-corrected chi connectivity index (χ3v) is 4.46. The number of hydrogen-bond donors (Lipinski definition) is 1. The van der Waals surface area contributed by atoms with Gasteiger partial charge in [-0.05, 0) is 41.6 Å². The minimum absolute atomic E-state index is 0.210. The number of hydrogen-bond acceptors (Lipinski definition) is 2. The van der Waals surface area contributed by atoms with Crippen molar-refractivity contribution in [3.8, 4) is 0 Å². The van der Waals surface area contributed by atoms with Gasteiger partial charge in [0.25, 0.3) is 0 Å². The van der Waals surface area contributed by atoms with Crippen molar-refractivity contribution in [2.75, 3.05) is 0 Å². The summed E-state index contributed by atoms with van der Waals surface area (Å²) in [7, 11) is 0. The zero-order valence-electron chi connectivity index (χ0n) is 13.9. The summed E-state index contributed by atoms with van der Waals surface area (Å²) < 4.78 is 0.714. The van der Waals surface area contributed by atoms with Gasteiger partial charge in [-0.1, -0.05) is 57.9 Å². The number of carboxylic acid groups (broad SMARTS) is 1. The van der Waals surface area contributed by atoms with E-state index in [-0.39, 0.29) is 12.2 Å². The monoisotopic (exact) mass is 374 g/mol. The van der Waals surface area contributed by atoms with E-state index in [0.29, 0.717) is 10.9 Å². The van der Waals surface area contributed by atoms with Gasteiger partial charge in [0.15, 0.2) is 5.78 Å². The van der Waals surface area contributed by atoms with E-state index in [4.69, 9.17) is 5.11 Å². The zero-order valence-corrected chi connectivity index (χ0v) is 15.5. The van der Waals surface area contributed by atoms with Gasteiger partial charge in [0.05, 0.1) is 4.48 Å². The van der Waals surface area contributed by atoms with Crippen LogP contribution in [0, 0.1) is 0 Å². The zero-order chi connectivity index (χ0) is 16.6. The molecule has 0 aliphatic heterocycles. The molecule has 0 aromatic heterocycles. The van der Waals surface area contributed by atoms with E-state index in [1.807, 2.05) is 6.08 Å². The number of allylic oxidation sites excluding steroid dienone is 2. The van der Waals surface area contributed by atoms with Gasteiger partial charge in [-0.3, -0.25) is 9.59 Å². The number of carbonyl (C=O) groups is 2. The standard InChI is InChI=1S/C18H31BrO3/c1-2-3-4-5-8-11-14-17(20)16(19)13-10-7-6-9-12-15-18(21)22/h13H,2-12,14-15H2,1H3,(H,21,22)/b16-13-. The van der Waals surface area contributed by atoms with E-state index < -0.39 is 5.97 Å². The van der Waals surface area contributed by atoms with Crippen molar-refractivity contribution < 1.29 is 14.7 Å². The number of unbranched alkanes of at least 4 members (excludes halogenated alkanes) is 9. The summed E-state index contributed by atoms with van der Waals surface area (Å²) in [6.45, 7) is 2.21. The van der Waals surface area contributed by atoms with E-state index in [0.717, 1.165) is 44.9 Å². The van der Waals surface area contributed by atoms with Crippen molar-refractivity contribution >= 4 is 27.7 Å². The topological polar surface area (TPSA) is 54.4 Å². The Kier molecular flexibility index (Phi) is 14.8. The average Bonchev–Trinajstić information content (AvgIpc) is 2.49. The van der Waals surface area contributed by atoms with Crippen LogP contribution in [0.2, 0.25) is 0 Å². The Morgan fingerprint density at radius 3 is 2.05 bits per heavy atom. The first kappa shape index (κ1) is 21.4. The summed E-state index contributed by atoms with van der Waals surface area (Å²) in [6, 6.07) is 0. The molecule has 0 heterocycles. The number of rotatable bonds is 15. The van der Waals surface area contributed by atoms with Crippen LogP contribution in [0.15, 0.2) is 10.6 Å². The second-order valence-electron chi connectivity index (χ2n) is 5.84. The largest absolute Gasteiger partial charge is 0.481 e. The van der Waals surface area contributed by atoms with Crippen LogP contribution in [0.1, 0.15) is 90.4 Å². The van der Waals surface area contributed by atoms with Crippen LogP contribution in [0.4, 0.5) is 0 Å². The molecule has 3 nitrogen and oxygen atoms in total. The van der Waals surface area contributed by atoms with Crippen molar-refractivity contribution in [1.29, 1.82) is 0 Å². The summed E-state index contributed by atoms with van der Waals surface area (Å²) in [5.41, 5.74) is 0. The van der Waals surface area contributed by atoms with Gasteiger partial charge in [0, 0.05) is 12.8 Å². The third kappa shape index (κ3) is 14.3. The molecule has 0 aromatic rings. The molecule has 0 aromatic carbocycles. The fourth-order valence-corrected chi connectivity index (χ4v) is 2.73. The lowest BCUT2D eigenvalue weighted by Gasteiger charge is -2.01. The molecule has 0 fully saturated rings. The summed E-state index contributed by atoms with van der Waals surface area (Å²) in [4.78, 5) is 22.3. The van der Waals surface area contributed by atoms with E-state index >= 15 is 0 Å². The van der Waals surface area contributed by atoms with E-state index in [2.05, 4.69) is 22.9 Å². The predicted octanol–water partition coefficient (Wildman–Crippen LogP) is 6.01. The van der Waals surface area contributed by atoms with Crippen molar-refractivity contribution in [1.82, 2.24) is 0 Å². The lowest BCUT2D eigenvalue weighted by atomic mass is 10.1. The number of carbonyl (C=O) groups excluding carboxylic acids is 1. The van der Waals surface area contributed by atoms with E-state index in [1.54, 1.807) is 0 Å². The maximum Gasteiger partial charge on any atom is 0.303 e. The molecule has 0 bridgehead atoms. The van der Waals surface area contributed by atoms with E-state index in [1.165, 1.54) is 25.7 Å². The predicted molar refractivity (Wildman–Crippen MR) is 95.3 cm³/mol. The molecule has 0 saturated heterocycles. The highest BCUT2D eigenvalue weighted by Crippen LogP contribution is 2.16. The second kappa shape index (κ2) is 15.3. The SMILES string of the molecule is CCCCCCCCC(=O)/C(Br)=C/CCCCCCC(=O)O. The molecule has 0 aliphatic rings. The van der Waals surface area contributed by atoms with Crippen LogP contribution in [0.3, 0.4) is 0 Å². The third-order valence-electron chi connectivity index (χ3n) is 3.69. The summed E-state index contributed by atoms with van der Waals surface area (Å²) in [5, 5.41) is 8.53. The molecule has 0 radical (unpaired) electrons. The van der Waals surface area contributed by atoms with Crippen molar-refractivity contribution in [3.05, 3.63) is 10.6 Å². The second-order valence-corrected chi connectivity index (χ2v) is 6.69. The molecule has 0 atom stereocenters. The molecular weight excluding hydrogens is 344 g/mol. The fraction of sp³-hybridized carbons (Fsp3) is 0.778. The maximum absolute atomic E-state index is 11.9. The fourth-order valence-electron chi connectivity index (χ4n) is 2.30. The summed E-state index contributed by atoms with van der Waals surface area (Å²) >= 11 is 3.37. The van der Waals surface area contributed by atoms with E-state index in [9.17, 15) is 9.59 Å². The lowest BCUT2D eigenvalue weighted by Crippen LogP contribution is -1.97. The minimum atomic E-state index is -0.720. The normalized spacial score (nSPS) is 11.6. The quantitative estimate of drug-likeness (QED) is 0.282. The molecule has 0 spiro atoms. The van der Waals surface area contributed by atoms with Crippen LogP contribution >= 0.6 is 15.9 Å². The van der Waals surface area contributed by atoms with Crippen LogP contribution in [-0.4, -0.2) is 16.9 Å². The number of Topliss-reactive ketones (excluding diaryl/α,β-unsaturated/α-hetero) is 1. The molecule has 1 N–H and O–H groups in total. The Bertz CT molecular complexity index is 337. The Morgan fingerprint density at radius 2 is 1.41 bits per heavy atom. The highest BCUT2D eigenvalue weighted by atomic mass is 79.9. The van der Waals surface area contributed by atoms with Crippen LogP contribution in [0.5, 0.6) is 0 Å². The highest BCUT2D eigenvalue weighted by Gasteiger charge is 2.05. The average molecular weight is 375 g/mol. The Morgan fingerprint density at radius 1 is 0.864 bits per heavy atom. The molecule has 0 unspecified atom stereocenters. The summed E-state index contributed by atoms with van der Waals surface area (Å²) in [6.07, 6.45) is 14.7. The van der Waals surface area contributed by atoms with Gasteiger partial charge in [0.2, 0.25) is 0 Å². The van der Waals surface area contributed by atoms with Crippen LogP contribution < -0.4 is 0 Å². The summed E-state index contributed by atoms with van der Waals surface area (Å²) in [5.74, 6) is -0.510. The first-order valence-electron chi connectivity index (χ1n) is 8.68. The number of aliphatic carboxylic acids is 1. The molecule has 0 amide bonds. The van der Waals surface area contributed by atoms with Gasteiger partial charge in [-0.15, -0.1) is 0 Å². The van der Waals surface area contributed by atoms with Crippen molar-refractivity contribution in [2.24, 2.45) is 0 Å². The van der Waals surface area contributed by atoms with Gasteiger partial charge < -0.3 is 5.11 Å². The smallest absolute Gasteiger partial charge is 0.303 e. The number of carboxylic acids is 1. The molecule has 128 valence electrons. The van der Waals surface area contributed by atoms with Crippen molar-refractivity contribution in [3.63, 3.8) is 0 Å². The molecule has 22 heavy (non-hydrogen) atoms. The number of ketones is 1. The first-order chi connectivity index (χ1) is 10.6. The lowest BCUT2D eigenvalue weighted by molar-refractivity contribution is -0.137. The van der Waals surface area contributed by atoms with Gasteiger partial charge in [-0.2, -0.15) is 0 Å². The van der Waals surface area contributed by atoms with Gasteiger partial charge in [-0.25, -0.2) is 0 Å². The van der Waals surface area contributed by atoms with Crippen LogP contribution in [0.25, 0.3) is 0 Å². The first-order valence-corrected chi connectivity index (χ1v) is 9.47. The molecule has 4 heteroatoms. The molecule has 0 aliphatic carbocycles. The Balaban J connectivity index is 3.56. The maximum atomic E-state index is 11.9. The van der Waals surface area contributed by atoms with Gasteiger partial charge >= 0.3 is 5.97 Å². The molecule has 0 saturated carbocycles. The highest BCUT2D eigenvalue weighted by molar-refractivity contribution is 9.12. The molecule has 0 rings (SSSR count).